The Balaban J connectivity index is 1.31. The Bertz CT molecular complexity index is 874. The molecule has 3 heterocycles. The first-order valence-electron chi connectivity index (χ1n) is 8.32. The number of hydrogen-bond acceptors (Lipinski definition) is 6. The van der Waals surface area contributed by atoms with E-state index in [9.17, 15) is 9.18 Å². The number of fused-ring (bicyclic) bond motifs is 1. The van der Waals surface area contributed by atoms with Crippen molar-refractivity contribution >= 4 is 32.7 Å². The summed E-state index contributed by atoms with van der Waals surface area (Å²) in [5.41, 5.74) is 0.902. The van der Waals surface area contributed by atoms with Gasteiger partial charge in [0.15, 0.2) is 11.7 Å². The van der Waals surface area contributed by atoms with Crippen molar-refractivity contribution in [1.29, 1.82) is 0 Å². The molecule has 1 saturated heterocycles. The minimum atomic E-state index is -0.329. The van der Waals surface area contributed by atoms with Crippen molar-refractivity contribution in [2.45, 2.75) is 0 Å². The van der Waals surface area contributed by atoms with E-state index in [-0.39, 0.29) is 18.3 Å². The van der Waals surface area contributed by atoms with E-state index in [1.807, 2.05) is 12.1 Å². The van der Waals surface area contributed by atoms with Crippen molar-refractivity contribution in [2.24, 2.45) is 0 Å². The fourth-order valence-electron chi connectivity index (χ4n) is 2.81. The molecule has 2 aromatic heterocycles. The molecule has 0 spiro atoms. The van der Waals surface area contributed by atoms with Gasteiger partial charge in [0, 0.05) is 32.4 Å². The van der Waals surface area contributed by atoms with Crippen molar-refractivity contribution in [1.82, 2.24) is 14.9 Å². The molecule has 0 saturated carbocycles. The summed E-state index contributed by atoms with van der Waals surface area (Å²) in [6.45, 7) is 2.64. The van der Waals surface area contributed by atoms with Crippen LogP contribution in [0.4, 0.5) is 9.52 Å². The van der Waals surface area contributed by atoms with Gasteiger partial charge in [-0.2, -0.15) is 0 Å². The van der Waals surface area contributed by atoms with Crippen LogP contribution < -0.4 is 9.64 Å². The van der Waals surface area contributed by atoms with Crippen LogP contribution in [0, 0.1) is 5.82 Å². The molecule has 0 bridgehead atoms. The highest BCUT2D eigenvalue weighted by atomic mass is 32.1. The molecule has 0 atom stereocenters. The molecule has 26 heavy (non-hydrogen) atoms. The third-order valence-electron chi connectivity index (χ3n) is 4.23. The molecule has 4 rings (SSSR count). The van der Waals surface area contributed by atoms with Crippen molar-refractivity contribution < 1.29 is 13.9 Å². The summed E-state index contributed by atoms with van der Waals surface area (Å²) in [5, 5.41) is 0.938. The third-order valence-corrected chi connectivity index (χ3v) is 5.27. The molecule has 0 radical (unpaired) electrons. The summed E-state index contributed by atoms with van der Waals surface area (Å²) in [6.07, 6.45) is 1.77. The van der Waals surface area contributed by atoms with Crippen LogP contribution >= 0.6 is 11.3 Å². The van der Waals surface area contributed by atoms with Gasteiger partial charge in [0.25, 0.3) is 5.91 Å². The Morgan fingerprint density at radius 2 is 1.92 bits per heavy atom. The number of rotatable bonds is 4. The Hall–Kier alpha value is -2.74. The number of amides is 1. The van der Waals surface area contributed by atoms with E-state index in [4.69, 9.17) is 4.74 Å². The average Bonchev–Trinajstić information content (AvgIpc) is 3.12. The minimum Gasteiger partial charge on any atom is -0.484 e. The van der Waals surface area contributed by atoms with Crippen molar-refractivity contribution in [2.75, 3.05) is 37.7 Å². The van der Waals surface area contributed by atoms with Gasteiger partial charge in [0.05, 0.1) is 0 Å². The Kier molecular flexibility index (Phi) is 4.66. The number of aromatic nitrogens is 2. The molecular weight excluding hydrogens is 355 g/mol. The van der Waals surface area contributed by atoms with E-state index in [1.54, 1.807) is 22.4 Å². The van der Waals surface area contributed by atoms with E-state index in [0.29, 0.717) is 18.8 Å². The predicted octanol–water partition coefficient (Wildman–Crippen LogP) is 2.56. The van der Waals surface area contributed by atoms with Gasteiger partial charge in [-0.25, -0.2) is 14.4 Å². The zero-order valence-corrected chi connectivity index (χ0v) is 14.8. The second-order valence-corrected chi connectivity index (χ2v) is 6.89. The molecule has 0 N–H and O–H groups in total. The monoisotopic (exact) mass is 372 g/mol. The summed E-state index contributed by atoms with van der Waals surface area (Å²) in [4.78, 5) is 26.1. The number of carbonyl (C=O) groups excluding carboxylic acids is 1. The van der Waals surface area contributed by atoms with Gasteiger partial charge in [-0.1, -0.05) is 11.3 Å². The van der Waals surface area contributed by atoms with Crippen LogP contribution in [0.2, 0.25) is 0 Å². The number of halogens is 1. The number of carbonyl (C=O) groups is 1. The van der Waals surface area contributed by atoms with Crippen LogP contribution in [0.25, 0.3) is 10.3 Å². The van der Waals surface area contributed by atoms with E-state index >= 15 is 0 Å². The number of ether oxygens (including phenoxy) is 1. The van der Waals surface area contributed by atoms with Gasteiger partial charge in [-0.15, -0.1) is 0 Å². The Labute approximate surface area is 153 Å². The summed E-state index contributed by atoms with van der Waals surface area (Å²) in [7, 11) is 0. The second-order valence-electron chi connectivity index (χ2n) is 5.93. The smallest absolute Gasteiger partial charge is 0.260 e. The van der Waals surface area contributed by atoms with Crippen LogP contribution in [0.5, 0.6) is 5.75 Å². The van der Waals surface area contributed by atoms with Crippen LogP contribution in [0.3, 0.4) is 0 Å². The first kappa shape index (κ1) is 16.7. The highest BCUT2D eigenvalue weighted by molar-refractivity contribution is 7.21. The SMILES string of the molecule is O=C(COc1ccc(F)cc1)N1CCN(c2nc3cccnc3s2)CC1. The maximum atomic E-state index is 12.9. The minimum absolute atomic E-state index is 0.0450. The van der Waals surface area contributed by atoms with Gasteiger partial charge >= 0.3 is 0 Å². The van der Waals surface area contributed by atoms with Gasteiger partial charge < -0.3 is 14.5 Å². The predicted molar refractivity (Wildman–Crippen MR) is 98.1 cm³/mol. The average molecular weight is 372 g/mol. The Morgan fingerprint density at radius 1 is 1.15 bits per heavy atom. The molecule has 1 amide bonds. The van der Waals surface area contributed by atoms with Crippen LogP contribution in [0.1, 0.15) is 0 Å². The number of nitrogens with zero attached hydrogens (tertiary/aromatic N) is 4. The maximum absolute atomic E-state index is 12.9. The lowest BCUT2D eigenvalue weighted by Gasteiger charge is -2.34. The quantitative estimate of drug-likeness (QED) is 0.705. The van der Waals surface area contributed by atoms with Gasteiger partial charge in [0.2, 0.25) is 0 Å². The van der Waals surface area contributed by atoms with Crippen molar-refractivity contribution in [3.8, 4) is 5.75 Å². The van der Waals surface area contributed by atoms with Crippen molar-refractivity contribution in [3.63, 3.8) is 0 Å². The van der Waals surface area contributed by atoms with Gasteiger partial charge in [-0.05, 0) is 36.4 Å². The summed E-state index contributed by atoms with van der Waals surface area (Å²) < 4.78 is 18.3. The van der Waals surface area contributed by atoms with Gasteiger partial charge in [-0.3, -0.25) is 4.79 Å². The van der Waals surface area contributed by atoms with E-state index in [1.165, 1.54) is 24.3 Å². The molecule has 0 aliphatic carbocycles. The molecule has 6 nitrogen and oxygen atoms in total. The fourth-order valence-corrected chi connectivity index (χ4v) is 3.77. The van der Waals surface area contributed by atoms with Crippen LogP contribution in [-0.2, 0) is 4.79 Å². The van der Waals surface area contributed by atoms with E-state index < -0.39 is 0 Å². The first-order chi connectivity index (χ1) is 12.7. The topological polar surface area (TPSA) is 58.6 Å². The standard InChI is InChI=1S/C18H17FN4O2S/c19-13-3-5-14(6-4-13)25-12-16(24)22-8-10-23(11-9-22)18-21-15-2-1-7-20-17(15)26-18/h1-7H,8-12H2. The molecule has 1 aromatic carbocycles. The highest BCUT2D eigenvalue weighted by Gasteiger charge is 2.23. The highest BCUT2D eigenvalue weighted by Crippen LogP contribution is 2.27. The normalized spacial score (nSPS) is 14.7. The van der Waals surface area contributed by atoms with E-state index in [2.05, 4.69) is 14.9 Å². The molecule has 8 heteroatoms. The zero-order valence-electron chi connectivity index (χ0n) is 14.0. The zero-order chi connectivity index (χ0) is 17.9. The summed E-state index contributed by atoms with van der Waals surface area (Å²) in [6, 6.07) is 9.48. The molecule has 1 aliphatic rings. The van der Waals surface area contributed by atoms with Gasteiger partial charge in [0.1, 0.15) is 21.9 Å². The lowest BCUT2D eigenvalue weighted by molar-refractivity contribution is -0.133. The number of hydrogen-bond donors (Lipinski definition) is 0. The molecule has 1 fully saturated rings. The summed E-state index contributed by atoms with van der Waals surface area (Å²) >= 11 is 1.57. The maximum Gasteiger partial charge on any atom is 0.260 e. The lowest BCUT2D eigenvalue weighted by atomic mass is 10.3. The number of piperazine rings is 1. The number of pyridine rings is 1. The number of thiazole rings is 1. The molecule has 1 aliphatic heterocycles. The third kappa shape index (κ3) is 3.60. The second kappa shape index (κ2) is 7.25. The van der Waals surface area contributed by atoms with Crippen LogP contribution in [0.15, 0.2) is 42.6 Å². The number of anilines is 1. The largest absolute Gasteiger partial charge is 0.484 e. The van der Waals surface area contributed by atoms with E-state index in [0.717, 1.165) is 28.6 Å². The van der Waals surface area contributed by atoms with Crippen LogP contribution in [-0.4, -0.2) is 53.6 Å². The summed E-state index contributed by atoms with van der Waals surface area (Å²) in [5.74, 6) is 0.0881. The molecular formula is C18H17FN4O2S. The fraction of sp³-hybridized carbons (Fsp3) is 0.278. The first-order valence-corrected chi connectivity index (χ1v) is 9.13. The molecule has 134 valence electrons. The molecule has 0 unspecified atom stereocenters. The molecule has 3 aromatic rings. The van der Waals surface area contributed by atoms with Crippen molar-refractivity contribution in [3.05, 3.63) is 48.4 Å². The number of benzene rings is 1. The lowest BCUT2D eigenvalue weighted by Crippen LogP contribution is -2.50. The Morgan fingerprint density at radius 3 is 2.65 bits per heavy atom.